The van der Waals surface area contributed by atoms with Crippen molar-refractivity contribution in [2.75, 3.05) is 32.7 Å². The maximum atomic E-state index is 13.3. The molecule has 12 nitrogen and oxygen atoms in total. The van der Waals surface area contributed by atoms with Gasteiger partial charge < -0.3 is 40.4 Å². The first kappa shape index (κ1) is 41.5. The second-order valence-corrected chi connectivity index (χ2v) is 15.8. The molecular formula is C47H54N4O8. The SMILES string of the molecule is O=C(NC(c1ccccc1)c1cccc(OCc2ccc(C(=O)O)c(CCCCCCCNC[C@H](O)c3ccc(O)c4[nH]c(=O)ccc34)c2)c1)O[C@H]1CN2CCC1CC2. The number of unbranched alkanes of at least 4 members (excludes halogenated alkanes) is 4. The van der Waals surface area contributed by atoms with E-state index in [9.17, 15) is 29.7 Å². The molecule has 3 saturated heterocycles. The van der Waals surface area contributed by atoms with Crippen molar-refractivity contribution in [3.63, 3.8) is 0 Å². The van der Waals surface area contributed by atoms with E-state index in [-0.39, 0.29) is 24.0 Å². The van der Waals surface area contributed by atoms with E-state index in [1.807, 2.05) is 60.7 Å². The molecule has 4 heterocycles. The number of alkyl carbamates (subject to hydrolysis) is 1. The fourth-order valence-corrected chi connectivity index (χ4v) is 8.44. The van der Waals surface area contributed by atoms with Gasteiger partial charge in [-0.25, -0.2) is 9.59 Å². The largest absolute Gasteiger partial charge is 0.506 e. The lowest BCUT2D eigenvalue weighted by molar-refractivity contribution is -0.0336. The molecule has 5 aromatic rings. The van der Waals surface area contributed by atoms with Gasteiger partial charge in [-0.3, -0.25) is 9.69 Å². The number of nitrogens with zero attached hydrogens (tertiary/aromatic N) is 1. The smallest absolute Gasteiger partial charge is 0.408 e. The number of ether oxygens (including phenoxy) is 2. The van der Waals surface area contributed by atoms with E-state index in [0.29, 0.717) is 46.7 Å². The molecule has 3 aliphatic rings. The molecule has 59 heavy (non-hydrogen) atoms. The molecule has 1 amide bonds. The van der Waals surface area contributed by atoms with Gasteiger partial charge in [-0.1, -0.05) is 79.9 Å². The summed E-state index contributed by atoms with van der Waals surface area (Å²) in [5, 5.41) is 37.8. The normalized spacial score (nSPS) is 18.3. The number of aromatic carboxylic acids is 1. The molecule has 0 spiro atoms. The van der Waals surface area contributed by atoms with Crippen LogP contribution in [0.2, 0.25) is 0 Å². The van der Waals surface area contributed by atoms with E-state index in [4.69, 9.17) is 9.47 Å². The number of benzene rings is 4. The number of aromatic hydroxyl groups is 1. The Bertz CT molecular complexity index is 2250. The van der Waals surface area contributed by atoms with Crippen molar-refractivity contribution in [3.8, 4) is 11.5 Å². The zero-order valence-electron chi connectivity index (χ0n) is 33.3. The van der Waals surface area contributed by atoms with E-state index in [1.165, 1.54) is 12.1 Å². The highest BCUT2D eigenvalue weighted by molar-refractivity contribution is 5.89. The lowest BCUT2D eigenvalue weighted by Crippen LogP contribution is -2.52. The third kappa shape index (κ3) is 10.9. The lowest BCUT2D eigenvalue weighted by atomic mass is 9.86. The average molecular weight is 803 g/mol. The van der Waals surface area contributed by atoms with Crippen molar-refractivity contribution in [3.05, 3.63) is 141 Å². The van der Waals surface area contributed by atoms with Gasteiger partial charge in [0.25, 0.3) is 0 Å². The van der Waals surface area contributed by atoms with Crippen molar-refractivity contribution in [1.82, 2.24) is 20.5 Å². The summed E-state index contributed by atoms with van der Waals surface area (Å²) in [6, 6.07) is 28.6. The van der Waals surface area contributed by atoms with Crippen LogP contribution in [-0.2, 0) is 17.8 Å². The van der Waals surface area contributed by atoms with E-state index in [2.05, 4.69) is 20.5 Å². The van der Waals surface area contributed by atoms with Crippen LogP contribution in [0.4, 0.5) is 4.79 Å². The molecule has 4 aromatic carbocycles. The number of nitrogens with one attached hydrogen (secondary N) is 3. The van der Waals surface area contributed by atoms with Crippen molar-refractivity contribution in [1.29, 1.82) is 0 Å². The van der Waals surface area contributed by atoms with Crippen molar-refractivity contribution in [2.24, 2.45) is 5.92 Å². The third-order valence-corrected chi connectivity index (χ3v) is 11.6. The molecule has 2 bridgehead atoms. The molecule has 1 aromatic heterocycles. The van der Waals surface area contributed by atoms with Gasteiger partial charge >= 0.3 is 12.1 Å². The summed E-state index contributed by atoms with van der Waals surface area (Å²) < 4.78 is 12.2. The number of fused-ring (bicyclic) bond motifs is 4. The summed E-state index contributed by atoms with van der Waals surface area (Å²) in [5.41, 5.74) is 4.36. The number of phenols is 1. The van der Waals surface area contributed by atoms with Crippen molar-refractivity contribution in [2.45, 2.75) is 76.2 Å². The molecule has 0 saturated carbocycles. The Labute approximate surface area is 344 Å². The third-order valence-electron chi connectivity index (χ3n) is 11.6. The Kier molecular flexibility index (Phi) is 13.9. The predicted octanol–water partition coefficient (Wildman–Crippen LogP) is 7.24. The topological polar surface area (TPSA) is 173 Å². The highest BCUT2D eigenvalue weighted by Crippen LogP contribution is 2.32. The summed E-state index contributed by atoms with van der Waals surface area (Å²) in [7, 11) is 0. The summed E-state index contributed by atoms with van der Waals surface area (Å²) in [4.78, 5) is 42.1. The van der Waals surface area contributed by atoms with Gasteiger partial charge in [0.05, 0.1) is 23.2 Å². The summed E-state index contributed by atoms with van der Waals surface area (Å²) in [6.07, 6.45) is 6.16. The van der Waals surface area contributed by atoms with E-state index < -0.39 is 24.2 Å². The van der Waals surface area contributed by atoms with Gasteiger partial charge in [-0.2, -0.15) is 0 Å². The molecular weight excluding hydrogens is 749 g/mol. The molecule has 3 atom stereocenters. The first-order valence-corrected chi connectivity index (χ1v) is 20.8. The van der Waals surface area contributed by atoms with Gasteiger partial charge in [0.1, 0.15) is 24.2 Å². The van der Waals surface area contributed by atoms with Crippen molar-refractivity contribution < 1.29 is 34.4 Å². The lowest BCUT2D eigenvalue weighted by Gasteiger charge is -2.43. The Morgan fingerprint density at radius 3 is 2.42 bits per heavy atom. The van der Waals surface area contributed by atoms with Crippen LogP contribution < -0.4 is 20.9 Å². The number of amides is 1. The maximum Gasteiger partial charge on any atom is 0.408 e. The summed E-state index contributed by atoms with van der Waals surface area (Å²) in [6.45, 7) is 4.25. The van der Waals surface area contributed by atoms with Gasteiger partial charge in [0.15, 0.2) is 0 Å². The zero-order valence-corrected chi connectivity index (χ0v) is 33.3. The van der Waals surface area contributed by atoms with Crippen LogP contribution in [0, 0.1) is 5.92 Å². The number of pyridine rings is 1. The van der Waals surface area contributed by atoms with Crippen molar-refractivity contribution >= 4 is 23.0 Å². The number of carbonyl (C=O) groups excluding carboxylic acids is 1. The zero-order chi connectivity index (χ0) is 41.1. The number of hydrogen-bond acceptors (Lipinski definition) is 9. The Morgan fingerprint density at radius 1 is 0.864 bits per heavy atom. The number of H-pyrrole nitrogens is 1. The van der Waals surface area contributed by atoms with Gasteiger partial charge in [0.2, 0.25) is 5.56 Å². The van der Waals surface area contributed by atoms with Crippen LogP contribution in [-0.4, -0.2) is 76.1 Å². The number of carbonyl (C=O) groups is 2. The van der Waals surface area contributed by atoms with Crippen LogP contribution in [0.1, 0.15) is 95.3 Å². The number of rotatable bonds is 19. The number of aromatic nitrogens is 1. The Hall–Kier alpha value is -5.69. The molecule has 3 fully saturated rings. The average Bonchev–Trinajstić information content (AvgIpc) is 3.25. The molecule has 310 valence electrons. The van der Waals surface area contributed by atoms with Crippen LogP contribution in [0.15, 0.2) is 102 Å². The minimum atomic E-state index is -0.950. The molecule has 0 radical (unpaired) electrons. The quantitative estimate of drug-likeness (QED) is 0.0468. The summed E-state index contributed by atoms with van der Waals surface area (Å²) in [5.74, 6) is 0.0554. The van der Waals surface area contributed by atoms with E-state index in [0.717, 1.165) is 93.4 Å². The predicted molar refractivity (Wildman–Crippen MR) is 226 cm³/mol. The van der Waals surface area contributed by atoms with Gasteiger partial charge in [-0.15, -0.1) is 0 Å². The van der Waals surface area contributed by atoms with E-state index in [1.54, 1.807) is 24.3 Å². The highest BCUT2D eigenvalue weighted by atomic mass is 16.6. The number of aromatic amines is 1. The van der Waals surface area contributed by atoms with E-state index >= 15 is 0 Å². The number of piperidine rings is 3. The monoisotopic (exact) mass is 802 g/mol. The highest BCUT2D eigenvalue weighted by Gasteiger charge is 2.37. The molecule has 8 rings (SSSR count). The molecule has 3 aliphatic heterocycles. The van der Waals surface area contributed by atoms with Crippen LogP contribution in [0.25, 0.3) is 10.9 Å². The molecule has 1 unspecified atom stereocenters. The van der Waals surface area contributed by atoms with Gasteiger partial charge in [0, 0.05) is 24.5 Å². The molecule has 6 N–H and O–H groups in total. The fourth-order valence-electron chi connectivity index (χ4n) is 8.44. The Balaban J connectivity index is 0.874. The van der Waals surface area contributed by atoms with Gasteiger partial charge in [-0.05, 0) is 116 Å². The maximum absolute atomic E-state index is 13.3. The number of aryl methyl sites for hydroxylation is 1. The number of hydrogen-bond donors (Lipinski definition) is 6. The minimum absolute atomic E-state index is 0.0390. The first-order chi connectivity index (χ1) is 28.7. The van der Waals surface area contributed by atoms with Crippen LogP contribution >= 0.6 is 0 Å². The van der Waals surface area contributed by atoms with Crippen LogP contribution in [0.3, 0.4) is 0 Å². The molecule has 12 heteroatoms. The number of phenolic OH excluding ortho intramolecular Hbond substituents is 1. The number of carboxylic acid groups (broad SMARTS) is 1. The molecule has 0 aliphatic carbocycles. The minimum Gasteiger partial charge on any atom is -0.506 e. The fraction of sp³-hybridized carbons (Fsp3) is 0.383. The first-order valence-electron chi connectivity index (χ1n) is 20.8. The number of aliphatic hydroxyl groups excluding tert-OH is 1. The standard InChI is InChI=1S/C47H54N4O8/c52-40-19-17-38(39-18-20-43(54)49-45(39)40)41(53)28-48-23-8-3-1-2-5-12-34-26-31(15-16-37(34)46(55)56)30-58-36-14-9-13-35(27-36)44(33-10-6-4-7-11-33)50-47(57)59-42-29-51-24-21-32(42)22-25-51/h4,6-7,9-11,13-20,26-27,32,41-42,44,48,52-53H,1-3,5,8,12,21-25,28-30H2,(H,49,54)(H,50,57)(H,55,56)/t41-,42-,44?/m0/s1. The number of carboxylic acids is 1. The second-order valence-electron chi connectivity index (χ2n) is 15.8. The summed E-state index contributed by atoms with van der Waals surface area (Å²) >= 11 is 0. The Morgan fingerprint density at radius 2 is 1.64 bits per heavy atom. The second kappa shape index (κ2) is 19.8. The number of aliphatic hydroxyl groups is 1. The van der Waals surface area contributed by atoms with Crippen LogP contribution in [0.5, 0.6) is 11.5 Å².